The number of hydrogen-bond acceptors (Lipinski definition) is 5. The van der Waals surface area contributed by atoms with Crippen LogP contribution in [0.2, 0.25) is 0 Å². The van der Waals surface area contributed by atoms with E-state index in [1.165, 1.54) is 0 Å². The van der Waals surface area contributed by atoms with Gasteiger partial charge in [-0.05, 0) is 43.7 Å². The van der Waals surface area contributed by atoms with Crippen LogP contribution in [0.5, 0.6) is 0 Å². The highest BCUT2D eigenvalue weighted by molar-refractivity contribution is 7.07. The number of benzene rings is 1. The van der Waals surface area contributed by atoms with E-state index in [1.807, 2.05) is 53.4 Å². The summed E-state index contributed by atoms with van der Waals surface area (Å²) < 4.78 is 0. The molecule has 0 bridgehead atoms. The van der Waals surface area contributed by atoms with Gasteiger partial charge in [0, 0.05) is 29.4 Å². The molecule has 0 spiro atoms. The molecular formula is C20H20N4OS. The Kier molecular flexibility index (Phi) is 5.04. The lowest BCUT2D eigenvalue weighted by Crippen LogP contribution is -2.39. The number of hydrogen-bond donors (Lipinski definition) is 1. The van der Waals surface area contributed by atoms with E-state index in [4.69, 9.17) is 0 Å². The zero-order valence-corrected chi connectivity index (χ0v) is 15.2. The normalized spacial score (nSPS) is 17.3. The minimum absolute atomic E-state index is 0.0554. The molecule has 1 N–H and O–H groups in total. The highest BCUT2D eigenvalue weighted by Gasteiger charge is 2.30. The summed E-state index contributed by atoms with van der Waals surface area (Å²) in [4.78, 5) is 23.6. The molecule has 2 aromatic heterocycles. The van der Waals surface area contributed by atoms with Gasteiger partial charge in [-0.15, -0.1) is 11.3 Å². The Labute approximate surface area is 156 Å². The number of carbonyl (C=O) groups is 1. The lowest BCUT2D eigenvalue weighted by atomic mass is 10.1. The molecule has 1 aromatic carbocycles. The fourth-order valence-corrected chi connectivity index (χ4v) is 3.88. The van der Waals surface area contributed by atoms with Crippen molar-refractivity contribution in [1.82, 2.24) is 14.9 Å². The number of rotatable bonds is 5. The molecule has 0 aliphatic carbocycles. The van der Waals surface area contributed by atoms with Gasteiger partial charge >= 0.3 is 0 Å². The average Bonchev–Trinajstić information content (AvgIpc) is 3.35. The molecule has 1 amide bonds. The van der Waals surface area contributed by atoms with Gasteiger partial charge in [0.15, 0.2) is 0 Å². The minimum Gasteiger partial charge on any atom is -0.325 e. The summed E-state index contributed by atoms with van der Waals surface area (Å²) in [6.45, 7) is 1.64. The van der Waals surface area contributed by atoms with Gasteiger partial charge in [-0.2, -0.15) is 0 Å². The molecule has 3 heterocycles. The molecule has 26 heavy (non-hydrogen) atoms. The number of carbonyl (C=O) groups excluding carboxylic acids is 1. The van der Waals surface area contributed by atoms with Crippen LogP contribution >= 0.6 is 11.3 Å². The molecule has 1 unspecified atom stereocenters. The first-order valence-electron chi connectivity index (χ1n) is 8.73. The third-order valence-corrected chi connectivity index (χ3v) is 5.22. The number of amides is 1. The van der Waals surface area contributed by atoms with Crippen molar-refractivity contribution in [3.05, 3.63) is 65.2 Å². The van der Waals surface area contributed by atoms with Gasteiger partial charge < -0.3 is 5.32 Å². The molecule has 1 aliphatic rings. The quantitative estimate of drug-likeness (QED) is 0.748. The Morgan fingerprint density at radius 2 is 2.08 bits per heavy atom. The fourth-order valence-electron chi connectivity index (χ4n) is 3.32. The van der Waals surface area contributed by atoms with E-state index in [9.17, 15) is 4.79 Å². The highest BCUT2D eigenvalue weighted by Crippen LogP contribution is 2.23. The molecule has 1 atom stereocenters. The van der Waals surface area contributed by atoms with Crippen LogP contribution < -0.4 is 5.32 Å². The van der Waals surface area contributed by atoms with Gasteiger partial charge in [-0.3, -0.25) is 14.7 Å². The molecule has 3 aromatic rings. The predicted molar refractivity (Wildman–Crippen MR) is 104 cm³/mol. The second-order valence-corrected chi connectivity index (χ2v) is 7.11. The number of nitrogens with zero attached hydrogens (tertiary/aromatic N) is 3. The Bertz CT molecular complexity index is 849. The van der Waals surface area contributed by atoms with E-state index in [1.54, 1.807) is 17.5 Å². The molecule has 0 radical (unpaired) electrons. The maximum atomic E-state index is 12.7. The van der Waals surface area contributed by atoms with Crippen LogP contribution in [0.1, 0.15) is 18.5 Å². The minimum atomic E-state index is -0.102. The van der Waals surface area contributed by atoms with Crippen molar-refractivity contribution >= 4 is 22.9 Å². The zero-order chi connectivity index (χ0) is 17.8. The fraction of sp³-hybridized carbons (Fsp3) is 0.250. The van der Waals surface area contributed by atoms with Gasteiger partial charge in [-0.1, -0.05) is 18.2 Å². The molecule has 0 saturated carbocycles. The summed E-state index contributed by atoms with van der Waals surface area (Å²) >= 11 is 1.58. The number of nitrogens with one attached hydrogen (secondary N) is 1. The second-order valence-electron chi connectivity index (χ2n) is 6.39. The molecule has 1 fully saturated rings. The van der Waals surface area contributed by atoms with Crippen LogP contribution in [-0.4, -0.2) is 33.4 Å². The Balaban J connectivity index is 1.40. The van der Waals surface area contributed by atoms with Crippen molar-refractivity contribution in [2.75, 3.05) is 11.9 Å². The third kappa shape index (κ3) is 3.81. The van der Waals surface area contributed by atoms with Crippen LogP contribution in [0.4, 0.5) is 5.69 Å². The van der Waals surface area contributed by atoms with Crippen molar-refractivity contribution in [3.63, 3.8) is 0 Å². The number of pyridine rings is 1. The van der Waals surface area contributed by atoms with Crippen LogP contribution in [0, 0.1) is 0 Å². The molecule has 1 aliphatic heterocycles. The summed E-state index contributed by atoms with van der Waals surface area (Å²) in [5, 5.41) is 5.07. The lowest BCUT2D eigenvalue weighted by Gasteiger charge is -2.23. The number of anilines is 1. The van der Waals surface area contributed by atoms with Crippen LogP contribution in [0.3, 0.4) is 0 Å². The molecule has 132 valence electrons. The summed E-state index contributed by atoms with van der Waals surface area (Å²) in [6.07, 6.45) is 3.72. The molecule has 1 saturated heterocycles. The first kappa shape index (κ1) is 16.9. The van der Waals surface area contributed by atoms with E-state index in [0.717, 1.165) is 42.0 Å². The van der Waals surface area contributed by atoms with Gasteiger partial charge in [0.05, 0.1) is 22.9 Å². The van der Waals surface area contributed by atoms with Crippen LogP contribution in [0.25, 0.3) is 11.3 Å². The number of likely N-dealkylation sites (tertiary alicyclic amines) is 1. The smallest absolute Gasteiger partial charge is 0.241 e. The van der Waals surface area contributed by atoms with Crippen molar-refractivity contribution < 1.29 is 4.79 Å². The number of thiazole rings is 1. The van der Waals surface area contributed by atoms with Crippen molar-refractivity contribution in [2.24, 2.45) is 0 Å². The SMILES string of the molecule is O=C(Nc1ccc(-c2cscn2)cc1)C1CCCN1Cc1ccccn1. The van der Waals surface area contributed by atoms with Gasteiger partial charge in [0.1, 0.15) is 0 Å². The van der Waals surface area contributed by atoms with Crippen molar-refractivity contribution in [2.45, 2.75) is 25.4 Å². The van der Waals surface area contributed by atoms with Crippen molar-refractivity contribution in [3.8, 4) is 11.3 Å². The van der Waals surface area contributed by atoms with Gasteiger partial charge in [0.2, 0.25) is 5.91 Å². The largest absolute Gasteiger partial charge is 0.325 e. The maximum Gasteiger partial charge on any atom is 0.241 e. The zero-order valence-electron chi connectivity index (χ0n) is 14.3. The van der Waals surface area contributed by atoms with Crippen LogP contribution in [0.15, 0.2) is 59.6 Å². The van der Waals surface area contributed by atoms with E-state index < -0.39 is 0 Å². The summed E-state index contributed by atoms with van der Waals surface area (Å²) in [5.74, 6) is 0.0554. The monoisotopic (exact) mass is 364 g/mol. The highest BCUT2D eigenvalue weighted by atomic mass is 32.1. The van der Waals surface area contributed by atoms with Gasteiger partial charge in [-0.25, -0.2) is 4.98 Å². The molecule has 6 heteroatoms. The molecule has 4 rings (SSSR count). The second kappa shape index (κ2) is 7.76. The topological polar surface area (TPSA) is 58.1 Å². The third-order valence-electron chi connectivity index (χ3n) is 4.64. The standard InChI is InChI=1S/C20H20N4OS/c25-20(19-5-3-11-24(19)12-17-4-1-2-10-21-17)23-16-8-6-15(7-9-16)18-13-26-14-22-18/h1-2,4,6-10,13-14,19H,3,5,11-12H2,(H,23,25). The maximum absolute atomic E-state index is 12.7. The Morgan fingerprint density at radius 1 is 1.19 bits per heavy atom. The summed E-state index contributed by atoms with van der Waals surface area (Å²) in [6, 6.07) is 13.6. The average molecular weight is 364 g/mol. The van der Waals surface area contributed by atoms with E-state index in [-0.39, 0.29) is 11.9 Å². The van der Waals surface area contributed by atoms with Crippen molar-refractivity contribution in [1.29, 1.82) is 0 Å². The Morgan fingerprint density at radius 3 is 2.81 bits per heavy atom. The Hall–Kier alpha value is -2.57. The molecule has 5 nitrogen and oxygen atoms in total. The molecular weight excluding hydrogens is 344 g/mol. The first-order chi connectivity index (χ1) is 12.8. The van der Waals surface area contributed by atoms with Crippen LogP contribution in [-0.2, 0) is 11.3 Å². The lowest BCUT2D eigenvalue weighted by molar-refractivity contribution is -0.120. The summed E-state index contributed by atoms with van der Waals surface area (Å²) in [5.41, 5.74) is 5.66. The first-order valence-corrected chi connectivity index (χ1v) is 9.67. The van der Waals surface area contributed by atoms with Gasteiger partial charge in [0.25, 0.3) is 0 Å². The van der Waals surface area contributed by atoms with E-state index in [2.05, 4.69) is 20.2 Å². The summed E-state index contributed by atoms with van der Waals surface area (Å²) in [7, 11) is 0. The number of aromatic nitrogens is 2. The van der Waals surface area contributed by atoms with E-state index in [0.29, 0.717) is 6.54 Å². The van der Waals surface area contributed by atoms with E-state index >= 15 is 0 Å². The predicted octanol–water partition coefficient (Wildman–Crippen LogP) is 3.81.